The number of carbonyl (C=O) groups is 2. The maximum absolute atomic E-state index is 12.8. The molecule has 0 bridgehead atoms. The first-order valence-corrected chi connectivity index (χ1v) is 9.22. The third-order valence-corrected chi connectivity index (χ3v) is 4.66. The molecule has 0 saturated heterocycles. The Morgan fingerprint density at radius 3 is 2.21 bits per heavy atom. The predicted molar refractivity (Wildman–Crippen MR) is 113 cm³/mol. The lowest BCUT2D eigenvalue weighted by Gasteiger charge is -2.18. The summed E-state index contributed by atoms with van der Waals surface area (Å²) in [5.41, 5.74) is 4.94. The molecule has 1 N–H and O–H groups in total. The van der Waals surface area contributed by atoms with Gasteiger partial charge in [-0.05, 0) is 49.2 Å². The molecule has 0 unspecified atom stereocenters. The van der Waals surface area contributed by atoms with Crippen molar-refractivity contribution in [3.05, 3.63) is 101 Å². The first kappa shape index (κ1) is 19.4. The number of rotatable bonds is 5. The second-order valence-corrected chi connectivity index (χ2v) is 7.00. The molecule has 2 amide bonds. The average Bonchev–Trinajstić information content (AvgIpc) is 2.71. The third kappa shape index (κ3) is 4.65. The van der Waals surface area contributed by atoms with Crippen molar-refractivity contribution in [2.24, 2.45) is 0 Å². The summed E-state index contributed by atoms with van der Waals surface area (Å²) in [6, 6.07) is 22.5. The zero-order valence-corrected chi connectivity index (χ0v) is 16.4. The minimum Gasteiger partial charge on any atom is -0.337 e. The fourth-order valence-electron chi connectivity index (χ4n) is 2.93. The van der Waals surface area contributed by atoms with Gasteiger partial charge in [-0.15, -0.1) is 0 Å². The molecule has 4 heteroatoms. The summed E-state index contributed by atoms with van der Waals surface area (Å²) >= 11 is 0. The summed E-state index contributed by atoms with van der Waals surface area (Å²) in [5.74, 6) is -0.280. The van der Waals surface area contributed by atoms with E-state index in [2.05, 4.69) is 5.32 Å². The van der Waals surface area contributed by atoms with Crippen molar-refractivity contribution in [2.75, 3.05) is 12.4 Å². The number of aryl methyl sites for hydroxylation is 2. The molecule has 0 aliphatic rings. The van der Waals surface area contributed by atoms with Gasteiger partial charge in [-0.2, -0.15) is 0 Å². The van der Waals surface area contributed by atoms with Crippen LogP contribution in [0.5, 0.6) is 0 Å². The van der Waals surface area contributed by atoms with Crippen LogP contribution in [0.15, 0.2) is 72.8 Å². The molecule has 0 aromatic heterocycles. The van der Waals surface area contributed by atoms with E-state index < -0.39 is 0 Å². The highest BCUT2D eigenvalue weighted by molar-refractivity contribution is 6.05. The minimum atomic E-state index is -0.193. The number of anilines is 1. The quantitative estimate of drug-likeness (QED) is 0.697. The van der Waals surface area contributed by atoms with Crippen molar-refractivity contribution >= 4 is 17.5 Å². The van der Waals surface area contributed by atoms with Crippen molar-refractivity contribution < 1.29 is 9.59 Å². The Bertz CT molecular complexity index is 979. The molecule has 0 atom stereocenters. The topological polar surface area (TPSA) is 49.4 Å². The van der Waals surface area contributed by atoms with Gasteiger partial charge in [-0.1, -0.05) is 54.1 Å². The van der Waals surface area contributed by atoms with Gasteiger partial charge in [0, 0.05) is 30.4 Å². The van der Waals surface area contributed by atoms with Gasteiger partial charge >= 0.3 is 0 Å². The van der Waals surface area contributed by atoms with Crippen LogP contribution in [-0.2, 0) is 6.54 Å². The van der Waals surface area contributed by atoms with Crippen LogP contribution in [0.25, 0.3) is 0 Å². The van der Waals surface area contributed by atoms with Gasteiger partial charge in [-0.3, -0.25) is 9.59 Å². The highest BCUT2D eigenvalue weighted by Crippen LogP contribution is 2.20. The van der Waals surface area contributed by atoms with E-state index in [0.717, 1.165) is 11.1 Å². The van der Waals surface area contributed by atoms with Crippen LogP contribution < -0.4 is 5.32 Å². The lowest BCUT2D eigenvalue weighted by molar-refractivity contribution is 0.0784. The fourth-order valence-corrected chi connectivity index (χ4v) is 2.93. The second kappa shape index (κ2) is 8.53. The van der Waals surface area contributed by atoms with E-state index >= 15 is 0 Å². The Kier molecular flexibility index (Phi) is 5.90. The molecule has 0 fully saturated rings. The Labute approximate surface area is 165 Å². The van der Waals surface area contributed by atoms with Gasteiger partial charge in [0.15, 0.2) is 0 Å². The van der Waals surface area contributed by atoms with Gasteiger partial charge in [0.1, 0.15) is 0 Å². The zero-order chi connectivity index (χ0) is 20.1. The molecule has 3 aromatic carbocycles. The maximum atomic E-state index is 12.8. The zero-order valence-electron chi connectivity index (χ0n) is 16.4. The van der Waals surface area contributed by atoms with Crippen LogP contribution in [0.3, 0.4) is 0 Å². The number of benzene rings is 3. The number of hydrogen-bond donors (Lipinski definition) is 1. The van der Waals surface area contributed by atoms with E-state index in [1.807, 2.05) is 62.4 Å². The highest BCUT2D eigenvalue weighted by Gasteiger charge is 2.15. The average molecular weight is 372 g/mol. The van der Waals surface area contributed by atoms with Crippen LogP contribution in [0.2, 0.25) is 0 Å². The molecule has 0 heterocycles. The van der Waals surface area contributed by atoms with Gasteiger partial charge in [0.25, 0.3) is 11.8 Å². The number of nitrogens with one attached hydrogen (secondary N) is 1. The van der Waals surface area contributed by atoms with Crippen molar-refractivity contribution in [3.8, 4) is 0 Å². The van der Waals surface area contributed by atoms with Crippen LogP contribution >= 0.6 is 0 Å². The normalized spacial score (nSPS) is 10.4. The van der Waals surface area contributed by atoms with Crippen LogP contribution in [0, 0.1) is 13.8 Å². The van der Waals surface area contributed by atoms with Gasteiger partial charge in [0.05, 0.1) is 0 Å². The third-order valence-electron chi connectivity index (χ3n) is 4.66. The van der Waals surface area contributed by atoms with Gasteiger partial charge < -0.3 is 10.2 Å². The van der Waals surface area contributed by atoms with E-state index in [4.69, 9.17) is 0 Å². The summed E-state index contributed by atoms with van der Waals surface area (Å²) in [6.45, 7) is 4.47. The number of carbonyl (C=O) groups excluding carboxylic acids is 2. The molecule has 3 rings (SSSR count). The summed E-state index contributed by atoms with van der Waals surface area (Å²) in [7, 11) is 1.78. The van der Waals surface area contributed by atoms with E-state index in [9.17, 15) is 9.59 Å². The Morgan fingerprint density at radius 1 is 0.857 bits per heavy atom. The van der Waals surface area contributed by atoms with E-state index in [-0.39, 0.29) is 11.8 Å². The molecular formula is C24H24N2O2. The van der Waals surface area contributed by atoms with E-state index in [0.29, 0.717) is 23.4 Å². The Morgan fingerprint density at radius 2 is 1.54 bits per heavy atom. The van der Waals surface area contributed by atoms with E-state index in [1.54, 1.807) is 36.2 Å². The highest BCUT2D eigenvalue weighted by atomic mass is 16.2. The largest absolute Gasteiger partial charge is 0.337 e. The molecule has 3 aromatic rings. The van der Waals surface area contributed by atoms with Crippen LogP contribution in [0.4, 0.5) is 5.69 Å². The summed E-state index contributed by atoms with van der Waals surface area (Å²) in [5, 5.41) is 2.91. The van der Waals surface area contributed by atoms with Crippen molar-refractivity contribution in [3.63, 3.8) is 0 Å². The minimum absolute atomic E-state index is 0.0872. The number of amides is 2. The smallest absolute Gasteiger partial charge is 0.255 e. The molecule has 4 nitrogen and oxygen atoms in total. The first-order chi connectivity index (χ1) is 13.4. The predicted octanol–water partition coefficient (Wildman–Crippen LogP) is 4.83. The summed E-state index contributed by atoms with van der Waals surface area (Å²) < 4.78 is 0. The lowest BCUT2D eigenvalue weighted by Crippen LogP contribution is -2.26. The number of hydrogen-bond acceptors (Lipinski definition) is 2. The summed E-state index contributed by atoms with van der Waals surface area (Å²) in [4.78, 5) is 27.0. The maximum Gasteiger partial charge on any atom is 0.255 e. The molecule has 0 radical (unpaired) electrons. The monoisotopic (exact) mass is 372 g/mol. The second-order valence-electron chi connectivity index (χ2n) is 7.00. The van der Waals surface area contributed by atoms with Gasteiger partial charge in [0.2, 0.25) is 0 Å². The lowest BCUT2D eigenvalue weighted by atomic mass is 10.1. The van der Waals surface area contributed by atoms with Gasteiger partial charge in [-0.25, -0.2) is 0 Å². The fraction of sp³-hybridized carbons (Fsp3) is 0.167. The van der Waals surface area contributed by atoms with Crippen molar-refractivity contribution in [2.45, 2.75) is 20.4 Å². The molecule has 0 spiro atoms. The standard InChI is InChI=1S/C24H24N2O2/c1-17-9-12-19(13-10-17)16-26(3)24(28)21-14-11-18(2)22(15-21)25-23(27)20-7-5-4-6-8-20/h4-15H,16H2,1-3H3,(H,25,27). The van der Waals surface area contributed by atoms with E-state index in [1.165, 1.54) is 5.56 Å². The van der Waals surface area contributed by atoms with Crippen molar-refractivity contribution in [1.29, 1.82) is 0 Å². The Hall–Kier alpha value is -3.40. The number of nitrogens with zero attached hydrogens (tertiary/aromatic N) is 1. The first-order valence-electron chi connectivity index (χ1n) is 9.22. The molecule has 28 heavy (non-hydrogen) atoms. The molecule has 0 saturated carbocycles. The molecular weight excluding hydrogens is 348 g/mol. The van der Waals surface area contributed by atoms with Crippen LogP contribution in [0.1, 0.15) is 37.4 Å². The Balaban J connectivity index is 1.75. The van der Waals surface area contributed by atoms with Crippen LogP contribution in [-0.4, -0.2) is 23.8 Å². The SMILES string of the molecule is Cc1ccc(CN(C)C(=O)c2ccc(C)c(NC(=O)c3ccccc3)c2)cc1. The van der Waals surface area contributed by atoms with Crippen molar-refractivity contribution in [1.82, 2.24) is 4.90 Å². The molecule has 0 aliphatic heterocycles. The molecule has 142 valence electrons. The summed E-state index contributed by atoms with van der Waals surface area (Å²) in [6.07, 6.45) is 0. The molecule has 0 aliphatic carbocycles.